The quantitative estimate of drug-likeness (QED) is 0.241. The first-order valence-electron chi connectivity index (χ1n) is 9.57. The van der Waals surface area contributed by atoms with Crippen molar-refractivity contribution >= 4 is 7.81 Å². The molecule has 2 aromatic carbocycles. The molecule has 0 fully saturated rings. The van der Waals surface area contributed by atoms with E-state index in [1.54, 1.807) is 6.92 Å². The van der Waals surface area contributed by atoms with Gasteiger partial charge < -0.3 is 0 Å². The van der Waals surface area contributed by atoms with Gasteiger partial charge in [-0.05, 0) is 39.5 Å². The summed E-state index contributed by atoms with van der Waals surface area (Å²) in [7, 11) is -10.7. The van der Waals surface area contributed by atoms with Crippen LogP contribution in [0.1, 0.15) is 70.7 Å². The van der Waals surface area contributed by atoms with E-state index in [2.05, 4.69) is 97.0 Å². The maximum absolute atomic E-state index is 10.7. The third-order valence-electron chi connectivity index (χ3n) is 4.05. The Bertz CT molecular complexity index is 709. The van der Waals surface area contributed by atoms with Gasteiger partial charge in [0.05, 0.1) is 13.8 Å². The summed E-state index contributed by atoms with van der Waals surface area (Å²) < 4.78 is 59.2. The van der Waals surface area contributed by atoms with Crippen molar-refractivity contribution in [1.29, 1.82) is 0 Å². The van der Waals surface area contributed by atoms with Crippen molar-refractivity contribution in [1.82, 2.24) is 0 Å². The molecule has 2 rings (SSSR count). The number of rotatable bonds is 2. The van der Waals surface area contributed by atoms with E-state index in [9.17, 15) is 25.2 Å². The van der Waals surface area contributed by atoms with Gasteiger partial charge in [0.25, 0.3) is 0 Å². The van der Waals surface area contributed by atoms with Crippen molar-refractivity contribution in [3.8, 4) is 0 Å². The Morgan fingerprint density at radius 1 is 0.567 bits per heavy atom. The summed E-state index contributed by atoms with van der Waals surface area (Å²) in [4.78, 5) is 0. The monoisotopic (exact) mass is 454 g/mol. The van der Waals surface area contributed by atoms with Gasteiger partial charge >= 0.3 is 33.0 Å². The van der Waals surface area contributed by atoms with Crippen LogP contribution < -0.4 is 0 Å². The molecule has 0 atom stereocenters. The largest absolute Gasteiger partial charge is 0.0746 e. The Morgan fingerprint density at radius 3 is 0.933 bits per heavy atom. The van der Waals surface area contributed by atoms with Crippen LogP contribution in [0.5, 0.6) is 0 Å². The first kappa shape index (κ1) is 28.3. The van der Waals surface area contributed by atoms with Crippen LogP contribution in [0.3, 0.4) is 0 Å². The predicted octanol–water partition coefficient (Wildman–Crippen LogP) is 10.1. The van der Waals surface area contributed by atoms with Gasteiger partial charge in [-0.3, -0.25) is 0 Å². The van der Waals surface area contributed by atoms with Crippen molar-refractivity contribution in [2.45, 2.75) is 65.7 Å². The van der Waals surface area contributed by atoms with Crippen LogP contribution in [0.25, 0.3) is 0 Å². The molecule has 0 aromatic heterocycles. The minimum absolute atomic E-state index is 0.229. The van der Waals surface area contributed by atoms with Crippen molar-refractivity contribution in [3.63, 3.8) is 0 Å². The summed E-state index contributed by atoms with van der Waals surface area (Å²) in [5, 5.41) is 0. The van der Waals surface area contributed by atoms with Crippen LogP contribution in [0.15, 0.2) is 48.5 Å². The molecule has 30 heavy (non-hydrogen) atoms. The zero-order valence-corrected chi connectivity index (χ0v) is 19.6. The van der Waals surface area contributed by atoms with Crippen LogP contribution in [0.2, 0.25) is 0 Å². The topological polar surface area (TPSA) is 0 Å². The van der Waals surface area contributed by atoms with Gasteiger partial charge in [-0.2, -0.15) is 0 Å². The van der Waals surface area contributed by atoms with E-state index < -0.39 is 7.81 Å². The SMILES string of the molecule is CC(C)(C)c1ccc(Cc2ccc(C(C)(C)C)cc2)cc1.F[P-](F)(F)(F)(F)F.[CH2+]C. The van der Waals surface area contributed by atoms with E-state index in [0.717, 1.165) is 6.42 Å². The normalized spacial score (nSPS) is 14.3. The molecule has 0 aliphatic rings. The summed E-state index contributed by atoms with van der Waals surface area (Å²) >= 11 is 0. The van der Waals surface area contributed by atoms with Crippen LogP contribution >= 0.6 is 7.81 Å². The third kappa shape index (κ3) is 14.3. The van der Waals surface area contributed by atoms with Crippen LogP contribution in [-0.2, 0) is 17.3 Å². The Labute approximate surface area is 176 Å². The molecule has 0 bridgehead atoms. The second-order valence-electron chi connectivity index (χ2n) is 9.03. The standard InChI is InChI=1S/C21H28.C2H5.F6P/c1-20(2,3)18-11-7-16(8-12-18)15-17-9-13-19(14-10-17)21(4,5)6;1-2;1-7(2,3,4,5)6/h7-14H,15H2,1-6H3;1H2,2H3;/q;+1;-1. The van der Waals surface area contributed by atoms with Crippen molar-refractivity contribution < 1.29 is 25.2 Å². The molecule has 0 heterocycles. The molecular weight excluding hydrogens is 421 g/mol. The maximum Gasteiger partial charge on any atom is 0.0746 e. The van der Waals surface area contributed by atoms with Gasteiger partial charge in [0.1, 0.15) is 0 Å². The van der Waals surface area contributed by atoms with Crippen LogP contribution in [-0.4, -0.2) is 0 Å². The first-order chi connectivity index (χ1) is 13.1. The molecule has 0 aliphatic carbocycles. The minimum Gasteiger partial charge on any atom is 0.0583 e. The van der Waals surface area contributed by atoms with E-state index in [0.29, 0.717) is 0 Å². The Kier molecular flexibility index (Phi) is 8.33. The number of hydrogen-bond donors (Lipinski definition) is 0. The molecule has 0 saturated heterocycles. The predicted molar refractivity (Wildman–Crippen MR) is 118 cm³/mol. The molecule has 0 unspecified atom stereocenters. The maximum atomic E-state index is 9.87. The van der Waals surface area contributed by atoms with Crippen molar-refractivity contribution in [2.24, 2.45) is 0 Å². The molecule has 172 valence electrons. The summed E-state index contributed by atoms with van der Waals surface area (Å²) in [5.41, 5.74) is 6.02. The molecule has 0 N–H and O–H groups in total. The summed E-state index contributed by atoms with van der Waals surface area (Å²) in [6.45, 7) is 18.5. The van der Waals surface area contributed by atoms with Gasteiger partial charge in [0.15, 0.2) is 0 Å². The van der Waals surface area contributed by atoms with E-state index in [-0.39, 0.29) is 10.8 Å². The summed E-state index contributed by atoms with van der Waals surface area (Å²) in [6.07, 6.45) is 1.01. The van der Waals surface area contributed by atoms with E-state index in [1.807, 2.05) is 0 Å². The summed E-state index contributed by atoms with van der Waals surface area (Å²) in [5.74, 6) is 0. The fourth-order valence-electron chi connectivity index (χ4n) is 2.48. The molecule has 0 amide bonds. The Morgan fingerprint density at radius 2 is 0.767 bits per heavy atom. The minimum atomic E-state index is -10.7. The zero-order valence-electron chi connectivity index (χ0n) is 18.7. The van der Waals surface area contributed by atoms with Gasteiger partial charge in [-0.1, -0.05) is 90.1 Å². The van der Waals surface area contributed by atoms with Crippen molar-refractivity contribution in [3.05, 3.63) is 77.7 Å². The van der Waals surface area contributed by atoms with Gasteiger partial charge in [-0.15, -0.1) is 0 Å². The fourth-order valence-corrected chi connectivity index (χ4v) is 2.48. The molecule has 0 spiro atoms. The third-order valence-corrected chi connectivity index (χ3v) is 4.05. The second kappa shape index (κ2) is 8.82. The Balaban J connectivity index is 0.000000795. The van der Waals surface area contributed by atoms with Gasteiger partial charge in [0.2, 0.25) is 0 Å². The van der Waals surface area contributed by atoms with E-state index in [4.69, 9.17) is 0 Å². The average molecular weight is 454 g/mol. The van der Waals surface area contributed by atoms with E-state index in [1.165, 1.54) is 22.3 Å². The molecule has 7 heteroatoms. The molecule has 0 saturated carbocycles. The molecular formula is C23H33F6P. The van der Waals surface area contributed by atoms with E-state index >= 15 is 0 Å². The molecule has 0 nitrogen and oxygen atoms in total. The second-order valence-corrected chi connectivity index (χ2v) is 10.9. The Hall–Kier alpha value is -1.68. The smallest absolute Gasteiger partial charge is 0.0583 e. The summed E-state index contributed by atoms with van der Waals surface area (Å²) in [6, 6.07) is 18.1. The first-order valence-corrected chi connectivity index (χ1v) is 11.6. The fraction of sp³-hybridized carbons (Fsp3) is 0.435. The van der Waals surface area contributed by atoms with Gasteiger partial charge in [0, 0.05) is 0 Å². The number of halogens is 6. The number of hydrogen-bond acceptors (Lipinski definition) is 0. The van der Waals surface area contributed by atoms with Crippen LogP contribution in [0, 0.1) is 6.92 Å². The average Bonchev–Trinajstić information content (AvgIpc) is 2.53. The molecule has 2 aromatic rings. The van der Waals surface area contributed by atoms with Crippen LogP contribution in [0.4, 0.5) is 25.2 Å². The zero-order chi connectivity index (χ0) is 24.1. The molecule has 0 radical (unpaired) electrons. The number of benzene rings is 2. The van der Waals surface area contributed by atoms with Crippen molar-refractivity contribution in [2.75, 3.05) is 0 Å². The molecule has 0 aliphatic heterocycles. The van der Waals surface area contributed by atoms with Gasteiger partial charge in [-0.25, -0.2) is 0 Å².